The molecular formula is C18H18ClFN2O3. The van der Waals surface area contributed by atoms with Crippen LogP contribution in [0.25, 0.3) is 0 Å². The number of carbonyl (C=O) groups excluding carboxylic acids is 2. The number of hydrogen-bond acceptors (Lipinski definition) is 3. The molecule has 0 spiro atoms. The van der Waals surface area contributed by atoms with Crippen molar-refractivity contribution in [1.29, 1.82) is 0 Å². The van der Waals surface area contributed by atoms with Gasteiger partial charge < -0.3 is 15.0 Å². The van der Waals surface area contributed by atoms with Crippen LogP contribution in [0.3, 0.4) is 0 Å². The first kappa shape index (κ1) is 18.7. The predicted molar refractivity (Wildman–Crippen MR) is 94.8 cm³/mol. The summed E-state index contributed by atoms with van der Waals surface area (Å²) in [5.41, 5.74) is 0.435. The van der Waals surface area contributed by atoms with Gasteiger partial charge in [-0.05, 0) is 24.3 Å². The molecule has 2 aromatic carbocycles. The average molecular weight is 365 g/mol. The molecule has 0 atom stereocenters. The molecule has 0 aliphatic rings. The molecule has 1 N–H and O–H groups in total. The highest BCUT2D eigenvalue weighted by molar-refractivity contribution is 6.33. The van der Waals surface area contributed by atoms with E-state index in [1.165, 1.54) is 37.1 Å². The van der Waals surface area contributed by atoms with Crippen LogP contribution >= 0.6 is 11.6 Å². The van der Waals surface area contributed by atoms with Gasteiger partial charge >= 0.3 is 0 Å². The highest BCUT2D eigenvalue weighted by atomic mass is 35.5. The fourth-order valence-electron chi connectivity index (χ4n) is 2.33. The number of halogens is 2. The molecule has 25 heavy (non-hydrogen) atoms. The predicted octanol–water partition coefficient (Wildman–Crippen LogP) is 3.27. The molecule has 0 aromatic heterocycles. The maximum atomic E-state index is 13.7. The molecule has 0 heterocycles. The van der Waals surface area contributed by atoms with Gasteiger partial charge in [-0.25, -0.2) is 4.39 Å². The van der Waals surface area contributed by atoms with Crippen molar-refractivity contribution in [3.05, 3.63) is 58.9 Å². The van der Waals surface area contributed by atoms with Crippen LogP contribution in [0, 0.1) is 5.82 Å². The summed E-state index contributed by atoms with van der Waals surface area (Å²) < 4.78 is 18.9. The molecule has 0 saturated heterocycles. The molecule has 0 radical (unpaired) electrons. The zero-order valence-electron chi connectivity index (χ0n) is 13.9. The third-order valence-corrected chi connectivity index (χ3v) is 3.87. The Bertz CT molecular complexity index is 762. The molecule has 0 bridgehead atoms. The zero-order valence-corrected chi connectivity index (χ0v) is 14.6. The number of carbonyl (C=O) groups is 2. The Morgan fingerprint density at radius 1 is 1.24 bits per heavy atom. The van der Waals surface area contributed by atoms with Crippen molar-refractivity contribution in [2.24, 2.45) is 0 Å². The summed E-state index contributed by atoms with van der Waals surface area (Å²) in [5.74, 6) is -0.893. The number of benzene rings is 2. The third-order valence-electron chi connectivity index (χ3n) is 3.56. The monoisotopic (exact) mass is 364 g/mol. The lowest BCUT2D eigenvalue weighted by Crippen LogP contribution is -2.37. The number of nitrogens with one attached hydrogen (secondary N) is 1. The Morgan fingerprint density at radius 2 is 1.96 bits per heavy atom. The summed E-state index contributed by atoms with van der Waals surface area (Å²) in [4.78, 5) is 25.5. The number of rotatable bonds is 6. The summed E-state index contributed by atoms with van der Waals surface area (Å²) >= 11 is 5.87. The van der Waals surface area contributed by atoms with Crippen LogP contribution < -0.4 is 15.0 Å². The number of anilines is 1. The topological polar surface area (TPSA) is 58.6 Å². The van der Waals surface area contributed by atoms with Gasteiger partial charge in [-0.15, -0.1) is 0 Å². The quantitative estimate of drug-likeness (QED) is 0.855. The molecule has 2 rings (SSSR count). The largest absolute Gasteiger partial charge is 0.497 e. The van der Waals surface area contributed by atoms with E-state index in [1.807, 2.05) is 0 Å². The van der Waals surface area contributed by atoms with Crippen molar-refractivity contribution in [2.45, 2.75) is 6.92 Å². The van der Waals surface area contributed by atoms with Gasteiger partial charge in [0.15, 0.2) is 0 Å². The van der Waals surface area contributed by atoms with E-state index in [4.69, 9.17) is 16.3 Å². The summed E-state index contributed by atoms with van der Waals surface area (Å²) in [5, 5.41) is 2.61. The number of hydrogen-bond donors (Lipinski definition) is 1. The third kappa shape index (κ3) is 4.70. The van der Waals surface area contributed by atoms with Crippen LogP contribution in [-0.2, 0) is 4.79 Å². The van der Waals surface area contributed by atoms with E-state index in [9.17, 15) is 14.0 Å². The Kier molecular flexibility index (Phi) is 6.36. The van der Waals surface area contributed by atoms with Crippen molar-refractivity contribution in [2.75, 3.05) is 25.1 Å². The minimum Gasteiger partial charge on any atom is -0.497 e. The van der Waals surface area contributed by atoms with E-state index in [1.54, 1.807) is 24.3 Å². The van der Waals surface area contributed by atoms with Crippen molar-refractivity contribution in [1.82, 2.24) is 5.32 Å². The normalized spacial score (nSPS) is 10.2. The summed E-state index contributed by atoms with van der Waals surface area (Å²) in [6.07, 6.45) is 0. The molecule has 2 amide bonds. The first-order valence-corrected chi connectivity index (χ1v) is 7.96. The van der Waals surface area contributed by atoms with E-state index in [0.717, 1.165) is 0 Å². The standard InChI is InChI=1S/C18H18ClFN2O3/c1-12(23)22(13-5-3-6-14(11-13)25-2)10-9-21-18(24)17-15(19)7-4-8-16(17)20/h3-8,11H,9-10H2,1-2H3,(H,21,24). The number of nitrogens with zero attached hydrogens (tertiary/aromatic N) is 1. The second kappa shape index (κ2) is 8.48. The fraction of sp³-hybridized carbons (Fsp3) is 0.222. The van der Waals surface area contributed by atoms with Gasteiger partial charge in [0.1, 0.15) is 11.6 Å². The van der Waals surface area contributed by atoms with Crippen LogP contribution in [0.2, 0.25) is 5.02 Å². The molecule has 0 unspecified atom stereocenters. The van der Waals surface area contributed by atoms with Gasteiger partial charge in [0.2, 0.25) is 5.91 Å². The summed E-state index contributed by atoms with van der Waals surface area (Å²) in [6.45, 7) is 1.79. The highest BCUT2D eigenvalue weighted by Gasteiger charge is 2.17. The van der Waals surface area contributed by atoms with Crippen molar-refractivity contribution in [3.63, 3.8) is 0 Å². The number of amides is 2. The molecule has 0 fully saturated rings. The average Bonchev–Trinajstić information content (AvgIpc) is 2.58. The van der Waals surface area contributed by atoms with Crippen molar-refractivity contribution in [3.8, 4) is 5.75 Å². The summed E-state index contributed by atoms with van der Waals surface area (Å²) in [6, 6.07) is 11.0. The van der Waals surface area contributed by atoms with E-state index in [0.29, 0.717) is 11.4 Å². The van der Waals surface area contributed by atoms with E-state index < -0.39 is 11.7 Å². The van der Waals surface area contributed by atoms with Crippen LogP contribution in [0.15, 0.2) is 42.5 Å². The van der Waals surface area contributed by atoms with E-state index in [-0.39, 0.29) is 29.6 Å². The van der Waals surface area contributed by atoms with Crippen LogP contribution in [0.1, 0.15) is 17.3 Å². The van der Waals surface area contributed by atoms with Crippen LogP contribution in [0.5, 0.6) is 5.75 Å². The molecule has 0 aliphatic heterocycles. The lowest BCUT2D eigenvalue weighted by atomic mass is 10.2. The van der Waals surface area contributed by atoms with Gasteiger partial charge in [0.05, 0.1) is 17.7 Å². The van der Waals surface area contributed by atoms with Crippen molar-refractivity contribution < 1.29 is 18.7 Å². The molecule has 132 valence electrons. The number of methoxy groups -OCH3 is 1. The minimum absolute atomic E-state index is 0.0359. The van der Waals surface area contributed by atoms with E-state index >= 15 is 0 Å². The summed E-state index contributed by atoms with van der Waals surface area (Å²) in [7, 11) is 1.54. The Balaban J connectivity index is 2.04. The number of ether oxygens (including phenoxy) is 1. The van der Waals surface area contributed by atoms with Gasteiger partial charge in [-0.2, -0.15) is 0 Å². The van der Waals surface area contributed by atoms with Crippen LogP contribution in [0.4, 0.5) is 10.1 Å². The van der Waals surface area contributed by atoms with E-state index in [2.05, 4.69) is 5.32 Å². The molecule has 2 aromatic rings. The fourth-order valence-corrected chi connectivity index (χ4v) is 2.58. The molecule has 5 nitrogen and oxygen atoms in total. The van der Waals surface area contributed by atoms with Gasteiger partial charge in [0.25, 0.3) is 5.91 Å². The first-order chi connectivity index (χ1) is 11.9. The Morgan fingerprint density at radius 3 is 2.60 bits per heavy atom. The maximum absolute atomic E-state index is 13.7. The second-order valence-corrected chi connectivity index (χ2v) is 5.63. The van der Waals surface area contributed by atoms with Crippen molar-refractivity contribution >= 4 is 29.1 Å². The van der Waals surface area contributed by atoms with Gasteiger partial charge in [0, 0.05) is 31.8 Å². The zero-order chi connectivity index (χ0) is 18.4. The maximum Gasteiger partial charge on any atom is 0.255 e. The van der Waals surface area contributed by atoms with Gasteiger partial charge in [-0.1, -0.05) is 23.7 Å². The lowest BCUT2D eigenvalue weighted by Gasteiger charge is -2.22. The SMILES string of the molecule is COc1cccc(N(CCNC(=O)c2c(F)cccc2Cl)C(C)=O)c1. The lowest BCUT2D eigenvalue weighted by molar-refractivity contribution is -0.116. The Labute approximate surface area is 150 Å². The molecule has 7 heteroatoms. The van der Waals surface area contributed by atoms with Crippen LogP contribution in [-0.4, -0.2) is 32.0 Å². The second-order valence-electron chi connectivity index (χ2n) is 5.22. The minimum atomic E-state index is -0.693. The smallest absolute Gasteiger partial charge is 0.255 e. The van der Waals surface area contributed by atoms with Gasteiger partial charge in [-0.3, -0.25) is 9.59 Å². The molecule has 0 aliphatic carbocycles. The molecule has 0 saturated carbocycles. The highest BCUT2D eigenvalue weighted by Crippen LogP contribution is 2.21. The Hall–Kier alpha value is -2.60. The molecular weight excluding hydrogens is 347 g/mol. The first-order valence-electron chi connectivity index (χ1n) is 7.58.